The highest BCUT2D eigenvalue weighted by Crippen LogP contribution is 2.30. The fourth-order valence-corrected chi connectivity index (χ4v) is 6.30. The van der Waals surface area contributed by atoms with Gasteiger partial charge in [-0.2, -0.15) is 0 Å². The molecule has 4 nitrogen and oxygen atoms in total. The van der Waals surface area contributed by atoms with Crippen molar-refractivity contribution in [2.24, 2.45) is 0 Å². The summed E-state index contributed by atoms with van der Waals surface area (Å²) in [6, 6.07) is 39.5. The van der Waals surface area contributed by atoms with Gasteiger partial charge < -0.3 is 19.5 Å². The van der Waals surface area contributed by atoms with Crippen molar-refractivity contribution in [1.82, 2.24) is 19.5 Å². The van der Waals surface area contributed by atoms with Crippen LogP contribution in [0.4, 0.5) is 0 Å². The van der Waals surface area contributed by atoms with Crippen molar-refractivity contribution >= 4 is 24.3 Å². The highest BCUT2D eigenvalue weighted by atomic mass is 15.0. The van der Waals surface area contributed by atoms with Crippen LogP contribution >= 0.6 is 0 Å². The minimum Gasteiger partial charge on any atom is -0.355 e. The van der Waals surface area contributed by atoms with E-state index in [-0.39, 0.29) is 0 Å². The summed E-state index contributed by atoms with van der Waals surface area (Å²) in [7, 11) is 0. The number of aryl methyl sites for hydroxylation is 3. The molecule has 0 aliphatic carbocycles. The van der Waals surface area contributed by atoms with Crippen LogP contribution in [-0.4, -0.2) is 19.5 Å². The molecule has 0 fully saturated rings. The molecule has 8 rings (SSSR count). The second-order valence-corrected chi connectivity index (χ2v) is 12.1. The lowest BCUT2D eigenvalue weighted by Crippen LogP contribution is -2.26. The number of H-pyrrole nitrogens is 3. The smallest absolute Gasteiger partial charge is 0.0568 e. The van der Waals surface area contributed by atoms with E-state index in [2.05, 4.69) is 174 Å². The zero-order valence-corrected chi connectivity index (χ0v) is 25.6. The van der Waals surface area contributed by atoms with Crippen molar-refractivity contribution in [3.8, 4) is 27.9 Å². The Morgan fingerprint density at radius 2 is 0.756 bits per heavy atom. The molecule has 0 amide bonds. The lowest BCUT2D eigenvalue weighted by atomic mass is 9.95. The third-order valence-corrected chi connectivity index (χ3v) is 8.62. The average Bonchev–Trinajstić information content (AvgIpc) is 3.83. The van der Waals surface area contributed by atoms with Crippen LogP contribution in [-0.2, 0) is 0 Å². The molecule has 3 N–H and O–H groups in total. The number of hydrogen-bond donors (Lipinski definition) is 3. The van der Waals surface area contributed by atoms with Crippen LogP contribution in [0.2, 0.25) is 0 Å². The first-order chi connectivity index (χ1) is 22.0. The summed E-state index contributed by atoms with van der Waals surface area (Å²) < 4.78 is 2.42. The second-order valence-electron chi connectivity index (χ2n) is 12.1. The van der Waals surface area contributed by atoms with Crippen molar-refractivity contribution < 1.29 is 0 Å². The molecule has 5 heterocycles. The van der Waals surface area contributed by atoms with E-state index in [1.165, 1.54) is 38.9 Å². The largest absolute Gasteiger partial charge is 0.355 e. The normalized spacial score (nSPS) is 12.2. The van der Waals surface area contributed by atoms with Crippen LogP contribution in [0.1, 0.15) is 39.5 Å². The number of benzene rings is 3. The van der Waals surface area contributed by atoms with Crippen LogP contribution in [0, 0.1) is 20.8 Å². The van der Waals surface area contributed by atoms with Crippen molar-refractivity contribution in [2.45, 2.75) is 20.8 Å². The quantitative estimate of drug-likeness (QED) is 0.218. The van der Waals surface area contributed by atoms with E-state index < -0.39 is 0 Å². The number of aromatic amines is 3. The molecule has 1 aliphatic heterocycles. The van der Waals surface area contributed by atoms with Crippen LogP contribution < -0.4 is 21.4 Å². The molecular formula is C41H34N4. The second kappa shape index (κ2) is 10.8. The molecule has 45 heavy (non-hydrogen) atoms. The van der Waals surface area contributed by atoms with Gasteiger partial charge >= 0.3 is 0 Å². The summed E-state index contributed by atoms with van der Waals surface area (Å²) in [6.45, 7) is 6.43. The average molecular weight is 583 g/mol. The third kappa shape index (κ3) is 5.11. The van der Waals surface area contributed by atoms with Crippen LogP contribution in [0.25, 0.3) is 52.2 Å². The van der Waals surface area contributed by atoms with E-state index in [0.717, 1.165) is 49.9 Å². The summed E-state index contributed by atoms with van der Waals surface area (Å²) in [5.74, 6) is 0. The first kappa shape index (κ1) is 26.9. The van der Waals surface area contributed by atoms with E-state index in [0.29, 0.717) is 0 Å². The van der Waals surface area contributed by atoms with Gasteiger partial charge in [0, 0.05) is 50.3 Å². The topological polar surface area (TPSA) is 52.3 Å². The predicted octanol–water partition coefficient (Wildman–Crippen LogP) is 6.35. The van der Waals surface area contributed by atoms with E-state index in [1.807, 2.05) is 0 Å². The Morgan fingerprint density at radius 3 is 1.18 bits per heavy atom. The van der Waals surface area contributed by atoms with E-state index >= 15 is 0 Å². The number of fused-ring (bicyclic) bond motifs is 8. The summed E-state index contributed by atoms with van der Waals surface area (Å²) in [5, 5.41) is 4.33. The van der Waals surface area contributed by atoms with Gasteiger partial charge in [0.2, 0.25) is 0 Å². The Balaban J connectivity index is 1.58. The first-order valence-corrected chi connectivity index (χ1v) is 15.4. The van der Waals surface area contributed by atoms with Gasteiger partial charge in [-0.25, -0.2) is 0 Å². The van der Waals surface area contributed by atoms with E-state index in [4.69, 9.17) is 0 Å². The number of hydrogen-bond acceptors (Lipinski definition) is 0. The van der Waals surface area contributed by atoms with Crippen LogP contribution in [0.3, 0.4) is 0 Å². The zero-order chi connectivity index (χ0) is 30.5. The van der Waals surface area contributed by atoms with Crippen molar-refractivity contribution in [3.05, 3.63) is 170 Å². The number of rotatable bonds is 3. The molecule has 4 aromatic heterocycles. The molecule has 7 aromatic rings. The molecule has 0 saturated heterocycles. The summed E-state index contributed by atoms with van der Waals surface area (Å²) in [4.78, 5) is 10.9. The minimum atomic E-state index is 1.04. The van der Waals surface area contributed by atoms with Crippen molar-refractivity contribution in [1.29, 1.82) is 0 Å². The molecule has 8 bridgehead atoms. The maximum absolute atomic E-state index is 3.66. The van der Waals surface area contributed by atoms with Gasteiger partial charge in [0.1, 0.15) is 0 Å². The first-order valence-electron chi connectivity index (χ1n) is 15.4. The number of nitrogens with zero attached hydrogens (tertiary/aromatic N) is 1. The fourth-order valence-electron chi connectivity index (χ4n) is 6.30. The maximum Gasteiger partial charge on any atom is 0.0568 e. The molecule has 0 atom stereocenters. The van der Waals surface area contributed by atoms with Gasteiger partial charge in [-0.05, 0) is 105 Å². The predicted molar refractivity (Wildman–Crippen MR) is 186 cm³/mol. The van der Waals surface area contributed by atoms with Crippen molar-refractivity contribution in [2.75, 3.05) is 0 Å². The monoisotopic (exact) mass is 582 g/mol. The Labute approximate surface area is 262 Å². The number of aromatic nitrogens is 4. The molecular weight excluding hydrogens is 548 g/mol. The van der Waals surface area contributed by atoms with Gasteiger partial charge in [-0.3, -0.25) is 0 Å². The van der Waals surface area contributed by atoms with Crippen LogP contribution in [0.15, 0.2) is 109 Å². The lowest BCUT2D eigenvalue weighted by molar-refractivity contribution is 0.993. The molecule has 0 radical (unpaired) electrons. The van der Waals surface area contributed by atoms with Crippen LogP contribution in [0.5, 0.6) is 0 Å². The lowest BCUT2D eigenvalue weighted by Gasteiger charge is -2.08. The van der Waals surface area contributed by atoms with Gasteiger partial charge in [0.15, 0.2) is 0 Å². The Morgan fingerprint density at radius 1 is 0.378 bits per heavy atom. The fraction of sp³-hybridized carbons (Fsp3) is 0.0732. The SMILES string of the molecule is Cc1ccc(-c2c(-c3ccc(C)cc3)c3n(-c4ccc(C)cc4)c2=Cc2ccc([nH]2)C=c2ccc([nH]2)=Cc2ccc([nH]2)C=3)cc1. The Hall–Kier alpha value is -5.74. The molecule has 0 unspecified atom stereocenters. The Kier molecular flexibility index (Phi) is 6.42. The number of nitrogens with one attached hydrogen (secondary N) is 3. The molecule has 218 valence electrons. The van der Waals surface area contributed by atoms with Gasteiger partial charge in [-0.15, -0.1) is 0 Å². The molecule has 1 aliphatic rings. The van der Waals surface area contributed by atoms with Gasteiger partial charge in [0.05, 0.1) is 10.7 Å². The molecule has 4 heteroatoms. The minimum absolute atomic E-state index is 1.04. The summed E-state index contributed by atoms with van der Waals surface area (Å²) in [5.41, 5.74) is 13.7. The molecule has 0 spiro atoms. The highest BCUT2D eigenvalue weighted by molar-refractivity contribution is 5.87. The molecule has 3 aromatic carbocycles. The van der Waals surface area contributed by atoms with Crippen molar-refractivity contribution in [3.63, 3.8) is 0 Å². The molecule has 0 saturated carbocycles. The van der Waals surface area contributed by atoms with Gasteiger partial charge in [0.25, 0.3) is 0 Å². The zero-order valence-electron chi connectivity index (χ0n) is 25.6. The standard InChI is InChI=1S/C41H34N4/c1-26-4-10-29(11-5-26)40-38-24-35-18-16-33(43-35)22-31-14-15-32(42-31)23-34-17-19-36(44-34)25-39(41(40)30-12-6-27(2)7-13-30)45(38)37-20-8-28(3)9-21-37/h4-25,42-44H,1-3H3. The van der Waals surface area contributed by atoms with E-state index in [1.54, 1.807) is 0 Å². The highest BCUT2D eigenvalue weighted by Gasteiger charge is 2.20. The van der Waals surface area contributed by atoms with E-state index in [9.17, 15) is 0 Å². The maximum atomic E-state index is 3.66. The summed E-state index contributed by atoms with van der Waals surface area (Å²) in [6.07, 6.45) is 8.89. The summed E-state index contributed by atoms with van der Waals surface area (Å²) >= 11 is 0. The Bertz CT molecular complexity index is 2270. The third-order valence-electron chi connectivity index (χ3n) is 8.62. The van der Waals surface area contributed by atoms with Gasteiger partial charge in [-0.1, -0.05) is 77.4 Å².